The molecule has 0 fully saturated rings. The van der Waals surface area contributed by atoms with Crippen molar-refractivity contribution in [1.29, 1.82) is 5.26 Å². The minimum Gasteiger partial charge on any atom is -1.00 e. The van der Waals surface area contributed by atoms with Crippen molar-refractivity contribution in [3.8, 4) is 6.07 Å². The molecule has 0 aromatic carbocycles. The van der Waals surface area contributed by atoms with Gasteiger partial charge in [0.2, 0.25) is 0 Å². The topological polar surface area (TPSA) is 27.7 Å². The quantitative estimate of drug-likeness (QED) is 0.352. The number of unbranched alkanes of at least 4 members (excludes halogenated alkanes) is 12. The van der Waals surface area contributed by atoms with Gasteiger partial charge in [-0.2, -0.15) is 5.26 Å². The Balaban J connectivity index is 0.00000529. The Morgan fingerprint density at radius 3 is 1.83 bits per heavy atom. The molecule has 0 spiro atoms. The first kappa shape index (κ1) is 23.1. The second-order valence-electron chi connectivity index (χ2n) is 6.68. The molecule has 0 saturated carbocycles. The van der Waals surface area contributed by atoms with Gasteiger partial charge < -0.3 is 17.0 Å². The molecule has 1 heterocycles. The third kappa shape index (κ3) is 12.5. The normalized spacial score (nSPS) is 10.2. The van der Waals surface area contributed by atoms with Crippen LogP contribution in [0.2, 0.25) is 0 Å². The summed E-state index contributed by atoms with van der Waals surface area (Å²) in [5.74, 6) is 0. The summed E-state index contributed by atoms with van der Waals surface area (Å²) in [7, 11) is 0. The summed E-state index contributed by atoms with van der Waals surface area (Å²) >= 11 is 0. The summed E-state index contributed by atoms with van der Waals surface area (Å²) in [5.41, 5.74) is 0.752. The van der Waals surface area contributed by atoms with E-state index in [1.807, 2.05) is 18.3 Å². The molecular formula is C21H35BrN2. The molecule has 0 aliphatic carbocycles. The van der Waals surface area contributed by atoms with Crippen LogP contribution in [0.4, 0.5) is 0 Å². The largest absolute Gasteiger partial charge is 1.00 e. The molecule has 1 aromatic rings. The van der Waals surface area contributed by atoms with E-state index in [2.05, 4.69) is 23.8 Å². The summed E-state index contributed by atoms with van der Waals surface area (Å²) < 4.78 is 2.14. The van der Waals surface area contributed by atoms with Crippen molar-refractivity contribution >= 4 is 0 Å². The fourth-order valence-electron chi connectivity index (χ4n) is 3.04. The number of halogens is 1. The van der Waals surface area contributed by atoms with E-state index in [0.29, 0.717) is 0 Å². The minimum atomic E-state index is 0. The Hall–Kier alpha value is -0.880. The highest BCUT2D eigenvalue weighted by Gasteiger charge is 2.01. The number of aryl methyl sites for hydroxylation is 1. The smallest absolute Gasteiger partial charge is 0.186 e. The highest BCUT2D eigenvalue weighted by atomic mass is 79.9. The van der Waals surface area contributed by atoms with E-state index in [1.165, 1.54) is 83.5 Å². The first-order chi connectivity index (χ1) is 11.4. The fourth-order valence-corrected chi connectivity index (χ4v) is 3.04. The van der Waals surface area contributed by atoms with Gasteiger partial charge in [0.15, 0.2) is 12.4 Å². The summed E-state index contributed by atoms with van der Waals surface area (Å²) in [6.45, 7) is 3.31. The zero-order chi connectivity index (χ0) is 16.6. The van der Waals surface area contributed by atoms with Crippen LogP contribution >= 0.6 is 0 Å². The van der Waals surface area contributed by atoms with Gasteiger partial charge in [-0.1, -0.05) is 77.6 Å². The monoisotopic (exact) mass is 394 g/mol. The van der Waals surface area contributed by atoms with Gasteiger partial charge in [-0.3, -0.25) is 0 Å². The molecule has 0 atom stereocenters. The van der Waals surface area contributed by atoms with Crippen LogP contribution in [0.5, 0.6) is 0 Å². The first-order valence-corrected chi connectivity index (χ1v) is 9.76. The van der Waals surface area contributed by atoms with Crippen LogP contribution in [0.25, 0.3) is 0 Å². The Morgan fingerprint density at radius 1 is 0.833 bits per heavy atom. The van der Waals surface area contributed by atoms with Gasteiger partial charge in [0.25, 0.3) is 0 Å². The van der Waals surface area contributed by atoms with Crippen molar-refractivity contribution in [2.45, 2.75) is 96.9 Å². The average molecular weight is 395 g/mol. The second-order valence-corrected chi connectivity index (χ2v) is 6.68. The fraction of sp³-hybridized carbons (Fsp3) is 0.714. The SMILES string of the molecule is CCCCCCCCCCCCCCC[n+]1cccc(C#N)c1.[Br-]. The molecule has 0 N–H and O–H groups in total. The lowest BCUT2D eigenvalue weighted by atomic mass is 10.0. The van der Waals surface area contributed by atoms with Gasteiger partial charge in [-0.25, -0.2) is 4.57 Å². The summed E-state index contributed by atoms with van der Waals surface area (Å²) in [5, 5.41) is 8.88. The van der Waals surface area contributed by atoms with Crippen LogP contribution in [0.1, 0.15) is 96.0 Å². The van der Waals surface area contributed by atoms with Crippen molar-refractivity contribution < 1.29 is 21.5 Å². The van der Waals surface area contributed by atoms with E-state index < -0.39 is 0 Å². The van der Waals surface area contributed by atoms with Gasteiger partial charge in [-0.05, 0) is 12.5 Å². The number of hydrogen-bond donors (Lipinski definition) is 0. The van der Waals surface area contributed by atoms with E-state index in [0.717, 1.165) is 12.1 Å². The predicted octanol–water partition coefficient (Wildman–Crippen LogP) is 2.94. The molecule has 0 aliphatic heterocycles. The number of nitrogens with zero attached hydrogens (tertiary/aromatic N) is 2. The number of pyridine rings is 1. The Labute approximate surface area is 160 Å². The second kappa shape index (κ2) is 17.0. The molecular weight excluding hydrogens is 360 g/mol. The van der Waals surface area contributed by atoms with Crippen LogP contribution in [0.15, 0.2) is 24.5 Å². The Morgan fingerprint density at radius 2 is 1.33 bits per heavy atom. The number of rotatable bonds is 14. The first-order valence-electron chi connectivity index (χ1n) is 9.76. The Bertz CT molecular complexity index is 440. The summed E-state index contributed by atoms with van der Waals surface area (Å²) in [6.07, 6.45) is 22.1. The molecule has 24 heavy (non-hydrogen) atoms. The lowest BCUT2D eigenvalue weighted by Crippen LogP contribution is -3.00. The molecule has 3 heteroatoms. The number of aromatic nitrogens is 1. The number of hydrogen-bond acceptors (Lipinski definition) is 1. The molecule has 0 saturated heterocycles. The lowest BCUT2D eigenvalue weighted by molar-refractivity contribution is -0.697. The third-order valence-electron chi connectivity index (χ3n) is 4.51. The third-order valence-corrected chi connectivity index (χ3v) is 4.51. The zero-order valence-corrected chi connectivity index (χ0v) is 17.1. The van der Waals surface area contributed by atoms with Gasteiger partial charge in [-0.15, -0.1) is 0 Å². The molecule has 1 rings (SSSR count). The van der Waals surface area contributed by atoms with Gasteiger partial charge >= 0.3 is 0 Å². The van der Waals surface area contributed by atoms with Crippen molar-refractivity contribution in [2.24, 2.45) is 0 Å². The molecule has 2 nitrogen and oxygen atoms in total. The number of nitriles is 1. The van der Waals surface area contributed by atoms with Gasteiger partial charge in [0.05, 0.1) is 0 Å². The minimum absolute atomic E-state index is 0. The summed E-state index contributed by atoms with van der Waals surface area (Å²) in [4.78, 5) is 0. The van der Waals surface area contributed by atoms with E-state index in [4.69, 9.17) is 5.26 Å². The highest BCUT2D eigenvalue weighted by Crippen LogP contribution is 2.12. The van der Waals surface area contributed by atoms with Crippen LogP contribution in [-0.4, -0.2) is 0 Å². The maximum atomic E-state index is 8.88. The van der Waals surface area contributed by atoms with Gasteiger partial charge in [0, 0.05) is 12.5 Å². The van der Waals surface area contributed by atoms with Crippen molar-refractivity contribution in [3.05, 3.63) is 30.1 Å². The standard InChI is InChI=1S/C21H35N2.BrH/c1-2-3-4-5-6-7-8-9-10-11-12-13-14-17-23-18-15-16-21(19-22)20-23;/h15-16,18,20H,2-14,17H2,1H3;1H/q+1;/p-1. The van der Waals surface area contributed by atoms with Crippen LogP contribution in [-0.2, 0) is 6.54 Å². The van der Waals surface area contributed by atoms with E-state index in [1.54, 1.807) is 0 Å². The highest BCUT2D eigenvalue weighted by molar-refractivity contribution is 5.21. The maximum absolute atomic E-state index is 8.88. The summed E-state index contributed by atoms with van der Waals surface area (Å²) in [6, 6.07) is 6.02. The lowest BCUT2D eigenvalue weighted by Gasteiger charge is -2.02. The van der Waals surface area contributed by atoms with Crippen LogP contribution < -0.4 is 21.5 Å². The van der Waals surface area contributed by atoms with E-state index >= 15 is 0 Å². The van der Waals surface area contributed by atoms with E-state index in [9.17, 15) is 0 Å². The molecule has 1 aromatic heterocycles. The molecule has 0 aliphatic rings. The Kier molecular flexibility index (Phi) is 16.3. The molecule has 0 radical (unpaired) electrons. The zero-order valence-electron chi connectivity index (χ0n) is 15.5. The van der Waals surface area contributed by atoms with Crippen molar-refractivity contribution in [1.82, 2.24) is 0 Å². The predicted molar refractivity (Wildman–Crippen MR) is 97.0 cm³/mol. The molecule has 0 amide bonds. The van der Waals surface area contributed by atoms with Crippen molar-refractivity contribution in [3.63, 3.8) is 0 Å². The van der Waals surface area contributed by atoms with E-state index in [-0.39, 0.29) is 17.0 Å². The average Bonchev–Trinajstić information content (AvgIpc) is 2.59. The van der Waals surface area contributed by atoms with Crippen LogP contribution in [0, 0.1) is 11.3 Å². The molecule has 0 unspecified atom stereocenters. The van der Waals surface area contributed by atoms with Gasteiger partial charge in [0.1, 0.15) is 18.2 Å². The van der Waals surface area contributed by atoms with Crippen LogP contribution in [0.3, 0.4) is 0 Å². The maximum Gasteiger partial charge on any atom is 0.186 e. The molecule has 136 valence electrons. The van der Waals surface area contributed by atoms with Crippen molar-refractivity contribution in [2.75, 3.05) is 0 Å². The molecule has 0 bridgehead atoms.